The van der Waals surface area contributed by atoms with Gasteiger partial charge in [0, 0.05) is 37.3 Å². The van der Waals surface area contributed by atoms with Crippen molar-refractivity contribution >= 4 is 5.91 Å². The van der Waals surface area contributed by atoms with Gasteiger partial charge in [-0.1, -0.05) is 6.07 Å². The van der Waals surface area contributed by atoms with Crippen molar-refractivity contribution in [2.24, 2.45) is 5.73 Å². The molecule has 4 N–H and O–H groups in total. The third-order valence-corrected chi connectivity index (χ3v) is 3.32. The van der Waals surface area contributed by atoms with Gasteiger partial charge >= 0.3 is 0 Å². The number of H-pyrrole nitrogens is 1. The van der Waals surface area contributed by atoms with E-state index in [1.54, 1.807) is 37.4 Å². The second kappa shape index (κ2) is 8.73. The molecule has 1 aromatic heterocycles. The Kier molecular flexibility index (Phi) is 6.39. The molecule has 1 heterocycles. The second-order valence-corrected chi connectivity index (χ2v) is 5.05. The number of carbonyl (C=O) groups excluding carboxylic acids is 1. The predicted octanol–water partition coefficient (Wildman–Crippen LogP) is 0.694. The molecule has 2 aromatic rings. The van der Waals surface area contributed by atoms with Crippen LogP contribution >= 0.6 is 0 Å². The molecule has 0 atom stereocenters. The monoisotopic (exact) mass is 331 g/mol. The van der Waals surface area contributed by atoms with Crippen LogP contribution in [-0.4, -0.2) is 37.7 Å². The number of pyridine rings is 1. The highest BCUT2D eigenvalue weighted by molar-refractivity contribution is 5.97. The molecule has 128 valence electrons. The molecule has 7 heteroatoms. The lowest BCUT2D eigenvalue weighted by Crippen LogP contribution is -2.27. The van der Waals surface area contributed by atoms with Crippen LogP contribution < -0.4 is 26.1 Å². The molecule has 0 unspecified atom stereocenters. The molecule has 1 amide bonds. The molecular weight excluding hydrogens is 310 g/mol. The minimum atomic E-state index is -0.261. The van der Waals surface area contributed by atoms with Gasteiger partial charge in [0.25, 0.3) is 5.91 Å². The van der Waals surface area contributed by atoms with Crippen LogP contribution in [0.3, 0.4) is 0 Å². The highest BCUT2D eigenvalue weighted by Crippen LogP contribution is 2.24. The number of nitrogens with two attached hydrogens (primary N) is 1. The van der Waals surface area contributed by atoms with E-state index in [9.17, 15) is 9.59 Å². The van der Waals surface area contributed by atoms with Gasteiger partial charge in [-0.25, -0.2) is 0 Å². The van der Waals surface area contributed by atoms with E-state index >= 15 is 0 Å². The van der Waals surface area contributed by atoms with Crippen LogP contribution in [-0.2, 0) is 6.42 Å². The number of methoxy groups -OCH3 is 1. The first-order valence-corrected chi connectivity index (χ1v) is 7.61. The smallest absolute Gasteiger partial charge is 0.255 e. The lowest BCUT2D eigenvalue weighted by Gasteiger charge is -2.12. The largest absolute Gasteiger partial charge is 0.497 e. The van der Waals surface area contributed by atoms with E-state index in [-0.39, 0.29) is 11.5 Å². The van der Waals surface area contributed by atoms with Crippen molar-refractivity contribution in [3.8, 4) is 11.5 Å². The van der Waals surface area contributed by atoms with Crippen LogP contribution in [0.25, 0.3) is 0 Å². The van der Waals surface area contributed by atoms with Crippen molar-refractivity contribution in [1.82, 2.24) is 10.3 Å². The molecule has 0 aliphatic heterocycles. The van der Waals surface area contributed by atoms with Gasteiger partial charge in [0.1, 0.15) is 18.1 Å². The Balaban J connectivity index is 2.01. The fourth-order valence-corrected chi connectivity index (χ4v) is 2.15. The summed E-state index contributed by atoms with van der Waals surface area (Å²) in [6.07, 6.45) is 0.525. The van der Waals surface area contributed by atoms with Crippen molar-refractivity contribution in [2.75, 3.05) is 26.8 Å². The fraction of sp³-hybridized carbons (Fsp3) is 0.294. The SMILES string of the molecule is COc1ccc(C(=O)NCCc2cccc(=O)[nH]2)c(OCCN)c1. The Labute approximate surface area is 139 Å². The highest BCUT2D eigenvalue weighted by atomic mass is 16.5. The van der Waals surface area contributed by atoms with Crippen LogP contribution in [0.5, 0.6) is 11.5 Å². The average Bonchev–Trinajstić information content (AvgIpc) is 2.59. The molecule has 0 saturated carbocycles. The van der Waals surface area contributed by atoms with E-state index in [0.717, 1.165) is 5.69 Å². The lowest BCUT2D eigenvalue weighted by atomic mass is 10.1. The Morgan fingerprint density at radius 1 is 1.29 bits per heavy atom. The second-order valence-electron chi connectivity index (χ2n) is 5.05. The number of amides is 1. The third-order valence-electron chi connectivity index (χ3n) is 3.32. The molecule has 0 fully saturated rings. The van der Waals surface area contributed by atoms with Gasteiger partial charge in [0.15, 0.2) is 0 Å². The minimum absolute atomic E-state index is 0.161. The van der Waals surface area contributed by atoms with Crippen molar-refractivity contribution in [1.29, 1.82) is 0 Å². The Bertz CT molecular complexity index is 743. The first-order chi connectivity index (χ1) is 11.6. The summed E-state index contributed by atoms with van der Waals surface area (Å²) in [5, 5.41) is 2.81. The molecule has 0 aliphatic carbocycles. The lowest BCUT2D eigenvalue weighted by molar-refractivity contribution is 0.0950. The van der Waals surface area contributed by atoms with E-state index < -0.39 is 0 Å². The zero-order valence-electron chi connectivity index (χ0n) is 13.5. The van der Waals surface area contributed by atoms with Gasteiger partial charge in [0.2, 0.25) is 5.56 Å². The molecule has 24 heavy (non-hydrogen) atoms. The van der Waals surface area contributed by atoms with Gasteiger partial charge in [-0.2, -0.15) is 0 Å². The predicted molar refractivity (Wildman–Crippen MR) is 90.6 cm³/mol. The molecule has 1 aromatic carbocycles. The molecule has 7 nitrogen and oxygen atoms in total. The van der Waals surface area contributed by atoms with E-state index in [2.05, 4.69) is 10.3 Å². The maximum Gasteiger partial charge on any atom is 0.255 e. The number of benzene rings is 1. The van der Waals surface area contributed by atoms with Gasteiger partial charge in [-0.05, 0) is 18.2 Å². The number of aromatic nitrogens is 1. The number of carbonyl (C=O) groups is 1. The van der Waals surface area contributed by atoms with Crippen LogP contribution in [0.2, 0.25) is 0 Å². The Morgan fingerprint density at radius 2 is 2.12 bits per heavy atom. The minimum Gasteiger partial charge on any atom is -0.497 e. The van der Waals surface area contributed by atoms with Crippen molar-refractivity contribution in [3.05, 3.63) is 58.0 Å². The first-order valence-electron chi connectivity index (χ1n) is 7.61. The number of ether oxygens (including phenoxy) is 2. The third kappa shape index (κ3) is 4.85. The van der Waals surface area contributed by atoms with Gasteiger partial charge in [0.05, 0.1) is 12.7 Å². The number of hydrogen-bond acceptors (Lipinski definition) is 5. The van der Waals surface area contributed by atoms with Gasteiger partial charge in [-0.3, -0.25) is 9.59 Å². The Morgan fingerprint density at radius 3 is 2.83 bits per heavy atom. The zero-order valence-corrected chi connectivity index (χ0v) is 13.5. The summed E-state index contributed by atoms with van der Waals surface area (Å²) in [5.41, 5.74) is 6.45. The summed E-state index contributed by atoms with van der Waals surface area (Å²) < 4.78 is 10.7. The molecule has 0 bridgehead atoms. The number of aromatic amines is 1. The van der Waals surface area contributed by atoms with Crippen molar-refractivity contribution in [3.63, 3.8) is 0 Å². The standard InChI is InChI=1S/C17H21N3O4/c1-23-13-5-6-14(15(11-13)24-10-8-18)17(22)19-9-7-12-3-2-4-16(21)20-12/h2-6,11H,7-10,18H2,1H3,(H,19,22)(H,20,21). The molecule has 0 radical (unpaired) electrons. The summed E-state index contributed by atoms with van der Waals surface area (Å²) in [7, 11) is 1.54. The summed E-state index contributed by atoms with van der Waals surface area (Å²) in [5.74, 6) is 0.758. The number of hydrogen-bond donors (Lipinski definition) is 3. The van der Waals surface area contributed by atoms with E-state index in [1.165, 1.54) is 6.07 Å². The topological polar surface area (TPSA) is 106 Å². The van der Waals surface area contributed by atoms with Gasteiger partial charge < -0.3 is 25.5 Å². The fourth-order valence-electron chi connectivity index (χ4n) is 2.15. The van der Waals surface area contributed by atoms with Crippen LogP contribution in [0, 0.1) is 0 Å². The maximum atomic E-state index is 12.4. The summed E-state index contributed by atoms with van der Waals surface area (Å²) in [4.78, 5) is 26.3. The van der Waals surface area contributed by atoms with Crippen molar-refractivity contribution in [2.45, 2.75) is 6.42 Å². The van der Waals surface area contributed by atoms with E-state index in [1.807, 2.05) is 0 Å². The number of nitrogens with one attached hydrogen (secondary N) is 2. The van der Waals surface area contributed by atoms with Crippen LogP contribution in [0.1, 0.15) is 16.1 Å². The maximum absolute atomic E-state index is 12.4. The van der Waals surface area contributed by atoms with Crippen molar-refractivity contribution < 1.29 is 14.3 Å². The first kappa shape index (κ1) is 17.6. The summed E-state index contributed by atoms with van der Waals surface area (Å²) >= 11 is 0. The number of rotatable bonds is 8. The summed E-state index contributed by atoms with van der Waals surface area (Å²) in [6.45, 7) is 1.04. The normalized spacial score (nSPS) is 10.2. The molecule has 0 aliphatic rings. The zero-order chi connectivity index (χ0) is 17.4. The summed E-state index contributed by atoms with van der Waals surface area (Å²) in [6, 6.07) is 9.91. The average molecular weight is 331 g/mol. The molecule has 0 spiro atoms. The molecule has 2 rings (SSSR count). The molecule has 0 saturated heterocycles. The van der Waals surface area contributed by atoms with Crippen LogP contribution in [0.15, 0.2) is 41.2 Å². The van der Waals surface area contributed by atoms with Crippen LogP contribution in [0.4, 0.5) is 0 Å². The Hall–Kier alpha value is -2.80. The molecular formula is C17H21N3O4. The highest BCUT2D eigenvalue weighted by Gasteiger charge is 2.13. The van der Waals surface area contributed by atoms with E-state index in [0.29, 0.717) is 43.2 Å². The quantitative estimate of drug-likeness (QED) is 0.660. The van der Waals surface area contributed by atoms with E-state index in [4.69, 9.17) is 15.2 Å². The van der Waals surface area contributed by atoms with Gasteiger partial charge in [-0.15, -0.1) is 0 Å².